The predicted octanol–water partition coefficient (Wildman–Crippen LogP) is 0.459. The van der Waals surface area contributed by atoms with Crippen LogP contribution in [0.15, 0.2) is 18.2 Å². The van der Waals surface area contributed by atoms with Crippen molar-refractivity contribution in [2.75, 3.05) is 6.54 Å². The van der Waals surface area contributed by atoms with Gasteiger partial charge in [-0.1, -0.05) is 6.07 Å². The number of carboxylic acid groups (broad SMARTS) is 1. The van der Waals surface area contributed by atoms with Crippen LogP contribution in [0.4, 0.5) is 8.78 Å². The summed E-state index contributed by atoms with van der Waals surface area (Å²) >= 11 is 0. The Kier molecular flexibility index (Phi) is 5.37. The van der Waals surface area contributed by atoms with E-state index in [1.54, 1.807) is 0 Å². The summed E-state index contributed by atoms with van der Waals surface area (Å²) in [6, 6.07) is 3.12. The van der Waals surface area contributed by atoms with Gasteiger partial charge in [0, 0.05) is 13.0 Å². The lowest BCUT2D eigenvalue weighted by Crippen LogP contribution is -2.30. The lowest BCUT2D eigenvalue weighted by Gasteiger charge is -2.07. The third kappa shape index (κ3) is 5.01. The number of rotatable bonds is 6. The molecule has 19 heavy (non-hydrogen) atoms. The first-order valence-corrected chi connectivity index (χ1v) is 5.51. The smallest absolute Gasteiger partial charge is 0.332 e. The topological polar surface area (TPSA) is 86.6 Å². The molecule has 0 aliphatic carbocycles. The van der Waals surface area contributed by atoms with E-state index in [0.29, 0.717) is 5.56 Å². The van der Waals surface area contributed by atoms with Gasteiger partial charge in [0.25, 0.3) is 0 Å². The Balaban J connectivity index is 2.39. The van der Waals surface area contributed by atoms with Crippen molar-refractivity contribution in [2.45, 2.75) is 18.9 Å². The molecule has 0 bridgehead atoms. The van der Waals surface area contributed by atoms with Crippen LogP contribution in [-0.2, 0) is 16.0 Å². The fraction of sp³-hybridized carbons (Fsp3) is 0.333. The maximum Gasteiger partial charge on any atom is 0.332 e. The molecule has 7 heteroatoms. The number of hydrogen-bond donors (Lipinski definition) is 3. The summed E-state index contributed by atoms with van der Waals surface area (Å²) in [6.45, 7) is -0.0179. The van der Waals surface area contributed by atoms with E-state index in [2.05, 4.69) is 5.32 Å². The molecule has 104 valence electrons. The normalized spacial score (nSPS) is 11.9. The molecular formula is C12H13F2NO4. The van der Waals surface area contributed by atoms with E-state index in [9.17, 15) is 18.4 Å². The first-order chi connectivity index (χ1) is 8.90. The quantitative estimate of drug-likeness (QED) is 0.702. The third-order valence-corrected chi connectivity index (χ3v) is 2.37. The fourth-order valence-electron chi connectivity index (χ4n) is 1.37. The molecule has 1 amide bonds. The van der Waals surface area contributed by atoms with Crippen LogP contribution in [-0.4, -0.2) is 34.7 Å². The van der Waals surface area contributed by atoms with Crippen LogP contribution < -0.4 is 5.32 Å². The largest absolute Gasteiger partial charge is 0.479 e. The predicted molar refractivity (Wildman–Crippen MR) is 61.3 cm³/mol. The van der Waals surface area contributed by atoms with E-state index in [0.717, 1.165) is 12.1 Å². The minimum Gasteiger partial charge on any atom is -0.479 e. The van der Waals surface area contributed by atoms with E-state index in [1.807, 2.05) is 0 Å². The van der Waals surface area contributed by atoms with Crippen molar-refractivity contribution in [2.24, 2.45) is 0 Å². The van der Waals surface area contributed by atoms with E-state index in [1.165, 1.54) is 6.07 Å². The number of halogens is 2. The third-order valence-electron chi connectivity index (χ3n) is 2.37. The number of amides is 1. The number of aliphatic carboxylic acids is 1. The van der Waals surface area contributed by atoms with Crippen LogP contribution in [0, 0.1) is 11.6 Å². The van der Waals surface area contributed by atoms with Crippen molar-refractivity contribution < 1.29 is 28.6 Å². The van der Waals surface area contributed by atoms with Gasteiger partial charge in [0.05, 0.1) is 6.42 Å². The second kappa shape index (κ2) is 6.79. The molecule has 1 aromatic carbocycles. The summed E-state index contributed by atoms with van der Waals surface area (Å²) in [5, 5.41) is 19.7. The zero-order valence-electron chi connectivity index (χ0n) is 9.90. The van der Waals surface area contributed by atoms with Crippen molar-refractivity contribution in [3.8, 4) is 0 Å². The number of benzene rings is 1. The van der Waals surface area contributed by atoms with Gasteiger partial charge in [0.1, 0.15) is 0 Å². The van der Waals surface area contributed by atoms with Gasteiger partial charge in [-0.15, -0.1) is 0 Å². The van der Waals surface area contributed by atoms with Gasteiger partial charge in [-0.2, -0.15) is 0 Å². The molecule has 0 unspecified atom stereocenters. The van der Waals surface area contributed by atoms with E-state index in [-0.39, 0.29) is 19.4 Å². The number of aliphatic hydroxyl groups is 1. The molecule has 0 heterocycles. The van der Waals surface area contributed by atoms with E-state index >= 15 is 0 Å². The van der Waals surface area contributed by atoms with Crippen molar-refractivity contribution >= 4 is 11.9 Å². The van der Waals surface area contributed by atoms with Crippen LogP contribution in [0.25, 0.3) is 0 Å². The maximum atomic E-state index is 12.9. The standard InChI is InChI=1S/C12H13F2NO4/c13-8-2-1-7(5-9(8)14)6-11(17)15-4-3-10(16)12(18)19/h1-2,5,10,16H,3-4,6H2,(H,15,17)(H,18,19)/t10-/m0/s1. The number of aliphatic hydroxyl groups excluding tert-OH is 1. The number of carboxylic acids is 1. The summed E-state index contributed by atoms with van der Waals surface area (Å²) in [6.07, 6.45) is -1.82. The Morgan fingerprint density at radius 3 is 2.53 bits per heavy atom. The molecule has 0 spiro atoms. The number of carbonyl (C=O) groups excluding carboxylic acids is 1. The monoisotopic (exact) mass is 273 g/mol. The first kappa shape index (κ1) is 15.0. The second-order valence-corrected chi connectivity index (χ2v) is 3.92. The Labute approximate surface area is 107 Å². The highest BCUT2D eigenvalue weighted by atomic mass is 19.2. The Hall–Kier alpha value is -2.02. The van der Waals surface area contributed by atoms with Gasteiger partial charge >= 0.3 is 5.97 Å². The Morgan fingerprint density at radius 2 is 1.95 bits per heavy atom. The summed E-state index contributed by atoms with van der Waals surface area (Å²) in [4.78, 5) is 21.7. The average molecular weight is 273 g/mol. The van der Waals surface area contributed by atoms with E-state index < -0.39 is 29.6 Å². The SMILES string of the molecule is O=C(Cc1ccc(F)c(F)c1)NCC[C@H](O)C(=O)O. The second-order valence-electron chi connectivity index (χ2n) is 3.92. The molecule has 0 radical (unpaired) electrons. The highest BCUT2D eigenvalue weighted by Gasteiger charge is 2.13. The molecule has 1 atom stereocenters. The van der Waals surface area contributed by atoms with Gasteiger partial charge in [0.15, 0.2) is 17.7 Å². The molecule has 0 saturated heterocycles. The number of nitrogens with one attached hydrogen (secondary N) is 1. The van der Waals surface area contributed by atoms with Crippen LogP contribution in [0.2, 0.25) is 0 Å². The van der Waals surface area contributed by atoms with E-state index in [4.69, 9.17) is 10.2 Å². The van der Waals surface area contributed by atoms with Crippen molar-refractivity contribution in [1.29, 1.82) is 0 Å². The Morgan fingerprint density at radius 1 is 1.26 bits per heavy atom. The molecule has 3 N–H and O–H groups in total. The van der Waals surface area contributed by atoms with Crippen LogP contribution in [0.5, 0.6) is 0 Å². The highest BCUT2D eigenvalue weighted by Crippen LogP contribution is 2.09. The average Bonchev–Trinajstić information content (AvgIpc) is 2.33. The summed E-state index contributed by atoms with van der Waals surface area (Å²) in [5.41, 5.74) is 0.301. The first-order valence-electron chi connectivity index (χ1n) is 5.51. The number of carbonyl (C=O) groups is 2. The van der Waals surface area contributed by atoms with Crippen LogP contribution in [0.3, 0.4) is 0 Å². The molecule has 0 saturated carbocycles. The fourth-order valence-corrected chi connectivity index (χ4v) is 1.37. The van der Waals surface area contributed by atoms with Gasteiger partial charge in [-0.05, 0) is 17.7 Å². The zero-order valence-corrected chi connectivity index (χ0v) is 9.90. The van der Waals surface area contributed by atoms with Crippen molar-refractivity contribution in [3.05, 3.63) is 35.4 Å². The maximum absolute atomic E-state index is 12.9. The molecule has 1 rings (SSSR count). The van der Waals surface area contributed by atoms with Gasteiger partial charge in [-0.25, -0.2) is 13.6 Å². The summed E-state index contributed by atoms with van der Waals surface area (Å²) in [7, 11) is 0. The lowest BCUT2D eigenvalue weighted by molar-refractivity contribution is -0.147. The molecule has 0 fully saturated rings. The molecule has 5 nitrogen and oxygen atoms in total. The zero-order chi connectivity index (χ0) is 14.4. The minimum absolute atomic E-state index is 0.0179. The molecule has 0 aliphatic rings. The molecule has 1 aromatic rings. The minimum atomic E-state index is -1.54. The summed E-state index contributed by atoms with van der Waals surface area (Å²) in [5.74, 6) is -3.86. The van der Waals surface area contributed by atoms with Gasteiger partial charge in [-0.3, -0.25) is 4.79 Å². The van der Waals surface area contributed by atoms with Gasteiger partial charge < -0.3 is 15.5 Å². The van der Waals surface area contributed by atoms with Gasteiger partial charge in [0.2, 0.25) is 5.91 Å². The van der Waals surface area contributed by atoms with Crippen molar-refractivity contribution in [3.63, 3.8) is 0 Å². The Bertz CT molecular complexity index is 479. The summed E-state index contributed by atoms with van der Waals surface area (Å²) < 4.78 is 25.5. The molecule has 0 aromatic heterocycles. The van der Waals surface area contributed by atoms with Crippen LogP contribution >= 0.6 is 0 Å². The number of hydrogen-bond acceptors (Lipinski definition) is 3. The van der Waals surface area contributed by atoms with Crippen molar-refractivity contribution in [1.82, 2.24) is 5.32 Å². The lowest BCUT2D eigenvalue weighted by atomic mass is 10.1. The van der Waals surface area contributed by atoms with Crippen LogP contribution in [0.1, 0.15) is 12.0 Å². The highest BCUT2D eigenvalue weighted by molar-refractivity contribution is 5.78. The molecular weight excluding hydrogens is 260 g/mol. The molecule has 0 aliphatic heterocycles.